The van der Waals surface area contributed by atoms with E-state index in [0.717, 1.165) is 17.7 Å². The first kappa shape index (κ1) is 18.6. The SMILES string of the molecule is Cc1ccccc1-n1nnnc1S[C@H](C)C(=O)NCCC1=CCCCC1. The number of carbonyl (C=O) groups is 1. The summed E-state index contributed by atoms with van der Waals surface area (Å²) in [5.41, 5.74) is 3.48. The predicted octanol–water partition coefficient (Wildman–Crippen LogP) is 3.46. The van der Waals surface area contributed by atoms with Gasteiger partial charge in [-0.25, -0.2) is 0 Å². The molecule has 1 atom stereocenters. The van der Waals surface area contributed by atoms with Gasteiger partial charge in [0.2, 0.25) is 11.1 Å². The lowest BCUT2D eigenvalue weighted by Gasteiger charge is -2.15. The Hall–Kier alpha value is -2.15. The van der Waals surface area contributed by atoms with Crippen molar-refractivity contribution in [2.45, 2.75) is 56.4 Å². The van der Waals surface area contributed by atoms with Crippen LogP contribution in [0.25, 0.3) is 5.69 Å². The molecule has 1 aliphatic rings. The number of allylic oxidation sites excluding steroid dienone is 1. The fourth-order valence-corrected chi connectivity index (χ4v) is 3.86. The Labute approximate surface area is 158 Å². The minimum atomic E-state index is -0.260. The fourth-order valence-electron chi connectivity index (χ4n) is 3.04. The van der Waals surface area contributed by atoms with E-state index in [1.807, 2.05) is 38.1 Å². The molecule has 0 spiro atoms. The van der Waals surface area contributed by atoms with E-state index in [2.05, 4.69) is 26.9 Å². The topological polar surface area (TPSA) is 72.7 Å². The molecule has 0 unspecified atom stereocenters. The Morgan fingerprint density at radius 1 is 1.35 bits per heavy atom. The van der Waals surface area contributed by atoms with Crippen molar-refractivity contribution in [1.82, 2.24) is 25.5 Å². The summed E-state index contributed by atoms with van der Waals surface area (Å²) in [6.45, 7) is 4.59. The second kappa shape index (κ2) is 8.98. The van der Waals surface area contributed by atoms with Crippen molar-refractivity contribution in [3.8, 4) is 5.69 Å². The first-order chi connectivity index (χ1) is 12.6. The smallest absolute Gasteiger partial charge is 0.233 e. The molecule has 1 aliphatic carbocycles. The molecule has 26 heavy (non-hydrogen) atoms. The number of carbonyl (C=O) groups excluding carboxylic acids is 1. The van der Waals surface area contributed by atoms with Gasteiger partial charge in [0, 0.05) is 6.54 Å². The van der Waals surface area contributed by atoms with Gasteiger partial charge in [-0.2, -0.15) is 4.68 Å². The van der Waals surface area contributed by atoms with Gasteiger partial charge < -0.3 is 5.32 Å². The van der Waals surface area contributed by atoms with E-state index in [0.29, 0.717) is 11.7 Å². The quantitative estimate of drug-likeness (QED) is 0.596. The summed E-state index contributed by atoms with van der Waals surface area (Å²) >= 11 is 1.37. The molecule has 3 rings (SSSR count). The van der Waals surface area contributed by atoms with Crippen LogP contribution in [-0.4, -0.2) is 37.9 Å². The summed E-state index contributed by atoms with van der Waals surface area (Å²) in [6, 6.07) is 7.92. The number of para-hydroxylation sites is 1. The van der Waals surface area contributed by atoms with Gasteiger partial charge in [-0.15, -0.1) is 5.10 Å². The van der Waals surface area contributed by atoms with Crippen molar-refractivity contribution >= 4 is 17.7 Å². The van der Waals surface area contributed by atoms with Gasteiger partial charge in [0.15, 0.2) is 0 Å². The fraction of sp³-hybridized carbons (Fsp3) is 0.474. The van der Waals surface area contributed by atoms with Crippen molar-refractivity contribution < 1.29 is 4.79 Å². The van der Waals surface area contributed by atoms with Crippen molar-refractivity contribution in [2.24, 2.45) is 0 Å². The van der Waals surface area contributed by atoms with E-state index in [-0.39, 0.29) is 11.2 Å². The number of tetrazole rings is 1. The number of nitrogens with zero attached hydrogens (tertiary/aromatic N) is 4. The van der Waals surface area contributed by atoms with Crippen molar-refractivity contribution in [2.75, 3.05) is 6.54 Å². The zero-order valence-corrected chi connectivity index (χ0v) is 16.1. The lowest BCUT2D eigenvalue weighted by molar-refractivity contribution is -0.120. The largest absolute Gasteiger partial charge is 0.355 e. The molecule has 1 N–H and O–H groups in total. The molecule has 0 saturated carbocycles. The monoisotopic (exact) mass is 371 g/mol. The summed E-state index contributed by atoms with van der Waals surface area (Å²) in [6.07, 6.45) is 8.18. The van der Waals surface area contributed by atoms with Crippen LogP contribution in [0.15, 0.2) is 41.1 Å². The van der Waals surface area contributed by atoms with Gasteiger partial charge in [-0.1, -0.05) is 41.6 Å². The van der Waals surface area contributed by atoms with Crippen molar-refractivity contribution in [3.05, 3.63) is 41.5 Å². The highest BCUT2D eigenvalue weighted by Gasteiger charge is 2.19. The second-order valence-electron chi connectivity index (χ2n) is 6.57. The molecule has 6 nitrogen and oxygen atoms in total. The highest BCUT2D eigenvalue weighted by Crippen LogP contribution is 2.24. The Kier molecular flexibility index (Phi) is 6.44. The minimum absolute atomic E-state index is 0.0192. The highest BCUT2D eigenvalue weighted by molar-refractivity contribution is 8.00. The molecule has 0 saturated heterocycles. The third kappa shape index (κ3) is 4.72. The molecular weight excluding hydrogens is 346 g/mol. The van der Waals surface area contributed by atoms with Gasteiger partial charge in [-0.05, 0) is 68.0 Å². The molecule has 7 heteroatoms. The number of aryl methyl sites for hydroxylation is 1. The maximum atomic E-state index is 12.4. The van der Waals surface area contributed by atoms with E-state index in [4.69, 9.17) is 0 Å². The van der Waals surface area contributed by atoms with Crippen molar-refractivity contribution in [1.29, 1.82) is 0 Å². The first-order valence-electron chi connectivity index (χ1n) is 9.12. The Morgan fingerprint density at radius 3 is 2.96 bits per heavy atom. The van der Waals surface area contributed by atoms with Gasteiger partial charge in [-0.3, -0.25) is 4.79 Å². The molecule has 0 bridgehead atoms. The zero-order valence-electron chi connectivity index (χ0n) is 15.3. The van der Waals surface area contributed by atoms with Crippen LogP contribution in [-0.2, 0) is 4.79 Å². The van der Waals surface area contributed by atoms with Gasteiger partial charge in [0.25, 0.3) is 0 Å². The molecule has 2 aromatic rings. The number of aromatic nitrogens is 4. The van der Waals surface area contributed by atoms with Crippen LogP contribution >= 0.6 is 11.8 Å². The number of thioether (sulfide) groups is 1. The summed E-state index contributed by atoms with van der Waals surface area (Å²) < 4.78 is 1.69. The van der Waals surface area contributed by atoms with Gasteiger partial charge in [0.05, 0.1) is 10.9 Å². The lowest BCUT2D eigenvalue weighted by atomic mass is 9.97. The van der Waals surface area contributed by atoms with Crippen LogP contribution < -0.4 is 5.32 Å². The van der Waals surface area contributed by atoms with E-state index in [9.17, 15) is 4.79 Å². The van der Waals surface area contributed by atoms with Crippen LogP contribution in [0.3, 0.4) is 0 Å². The maximum Gasteiger partial charge on any atom is 0.233 e. The van der Waals surface area contributed by atoms with E-state index < -0.39 is 0 Å². The molecule has 0 radical (unpaired) electrons. The maximum absolute atomic E-state index is 12.4. The Bertz CT molecular complexity index is 786. The molecule has 0 fully saturated rings. The standard InChI is InChI=1S/C19H25N5OS/c1-14-8-6-7-11-17(14)24-19(21-22-23-24)26-15(2)18(25)20-13-12-16-9-4-3-5-10-16/h6-9,11,15H,3-5,10,12-13H2,1-2H3,(H,20,25)/t15-/m1/s1. The molecule has 138 valence electrons. The van der Waals surface area contributed by atoms with Crippen LogP contribution in [0.1, 0.15) is 44.6 Å². The number of hydrogen-bond acceptors (Lipinski definition) is 5. The van der Waals surface area contributed by atoms with Gasteiger partial charge in [0.1, 0.15) is 0 Å². The summed E-state index contributed by atoms with van der Waals surface area (Å²) in [7, 11) is 0. The molecule has 0 aliphatic heterocycles. The Balaban J connectivity index is 1.56. The summed E-state index contributed by atoms with van der Waals surface area (Å²) in [5, 5.41) is 15.3. The normalized spacial score (nSPS) is 15.4. The third-order valence-electron chi connectivity index (χ3n) is 4.57. The molecule has 1 aromatic heterocycles. The number of nitrogens with one attached hydrogen (secondary N) is 1. The average Bonchev–Trinajstić information content (AvgIpc) is 3.10. The molecule has 1 amide bonds. The second-order valence-corrected chi connectivity index (χ2v) is 7.88. The van der Waals surface area contributed by atoms with E-state index in [1.165, 1.54) is 43.0 Å². The van der Waals surface area contributed by atoms with Crippen LogP contribution in [0.4, 0.5) is 0 Å². The lowest BCUT2D eigenvalue weighted by Crippen LogP contribution is -2.32. The van der Waals surface area contributed by atoms with Crippen molar-refractivity contribution in [3.63, 3.8) is 0 Å². The number of benzene rings is 1. The number of rotatable bonds is 7. The van der Waals surface area contributed by atoms with E-state index in [1.54, 1.807) is 4.68 Å². The first-order valence-corrected chi connectivity index (χ1v) is 10.00. The number of hydrogen-bond donors (Lipinski definition) is 1. The van der Waals surface area contributed by atoms with Gasteiger partial charge >= 0.3 is 0 Å². The predicted molar refractivity (Wildman–Crippen MR) is 103 cm³/mol. The van der Waals surface area contributed by atoms with Crippen LogP contribution in [0, 0.1) is 6.92 Å². The van der Waals surface area contributed by atoms with Crippen LogP contribution in [0.5, 0.6) is 0 Å². The summed E-state index contributed by atoms with van der Waals surface area (Å²) in [5.74, 6) is 0.0192. The minimum Gasteiger partial charge on any atom is -0.355 e. The summed E-state index contributed by atoms with van der Waals surface area (Å²) in [4.78, 5) is 12.4. The van der Waals surface area contributed by atoms with E-state index >= 15 is 0 Å². The number of amides is 1. The average molecular weight is 372 g/mol. The molecular formula is C19H25N5OS. The third-order valence-corrected chi connectivity index (χ3v) is 5.60. The van der Waals surface area contributed by atoms with Crippen LogP contribution in [0.2, 0.25) is 0 Å². The Morgan fingerprint density at radius 2 is 2.19 bits per heavy atom. The highest BCUT2D eigenvalue weighted by atomic mass is 32.2. The molecule has 1 aromatic carbocycles. The zero-order chi connectivity index (χ0) is 18.4. The molecule has 1 heterocycles.